The normalized spacial score (nSPS) is 27.6. The number of carbonyl (C=O) groups excluding carboxylic acids is 1. The molecule has 2 aliphatic rings. The molecule has 3 unspecified atom stereocenters. The van der Waals surface area contributed by atoms with Crippen molar-refractivity contribution in [3.05, 3.63) is 29.3 Å². The molecule has 4 nitrogen and oxygen atoms in total. The standard InChI is InChI=1S/C16H21NO3/c1-10-3-7-14(20-10)16(19)12-4-6-13-11(9-12)5-8-15(18)17(13)2/h4,6,9-10,14,16,19H,3,5,7-8H2,1-2H3. The maximum absolute atomic E-state index is 11.7. The Morgan fingerprint density at radius 3 is 2.85 bits per heavy atom. The highest BCUT2D eigenvalue weighted by molar-refractivity contribution is 5.95. The molecular weight excluding hydrogens is 254 g/mol. The van der Waals surface area contributed by atoms with Crippen LogP contribution in [0, 0.1) is 0 Å². The lowest BCUT2D eigenvalue weighted by atomic mass is 9.95. The van der Waals surface area contributed by atoms with Crippen LogP contribution in [-0.2, 0) is 16.0 Å². The number of benzene rings is 1. The van der Waals surface area contributed by atoms with Gasteiger partial charge in [-0.2, -0.15) is 0 Å². The van der Waals surface area contributed by atoms with Gasteiger partial charge in [-0.3, -0.25) is 4.79 Å². The van der Waals surface area contributed by atoms with Crippen LogP contribution in [-0.4, -0.2) is 30.3 Å². The molecule has 1 amide bonds. The molecule has 2 aliphatic heterocycles. The Labute approximate surface area is 119 Å². The topological polar surface area (TPSA) is 49.8 Å². The Balaban J connectivity index is 1.83. The Bertz CT molecular complexity index is 528. The summed E-state index contributed by atoms with van der Waals surface area (Å²) in [5.74, 6) is 0.152. The first kappa shape index (κ1) is 13.6. The van der Waals surface area contributed by atoms with E-state index >= 15 is 0 Å². The van der Waals surface area contributed by atoms with Crippen LogP contribution < -0.4 is 4.90 Å². The smallest absolute Gasteiger partial charge is 0.227 e. The quantitative estimate of drug-likeness (QED) is 0.900. The predicted molar refractivity (Wildman–Crippen MR) is 76.7 cm³/mol. The number of aliphatic hydroxyl groups excluding tert-OH is 1. The zero-order chi connectivity index (χ0) is 14.3. The molecule has 1 aromatic rings. The number of hydrogen-bond acceptors (Lipinski definition) is 3. The number of rotatable bonds is 2. The van der Waals surface area contributed by atoms with Gasteiger partial charge in [0.2, 0.25) is 5.91 Å². The van der Waals surface area contributed by atoms with Crippen molar-refractivity contribution in [3.8, 4) is 0 Å². The van der Waals surface area contributed by atoms with Gasteiger partial charge < -0.3 is 14.7 Å². The lowest BCUT2D eigenvalue weighted by Crippen LogP contribution is -2.31. The van der Waals surface area contributed by atoms with Gasteiger partial charge in [0.1, 0.15) is 6.10 Å². The second-order valence-electron chi connectivity index (χ2n) is 5.85. The lowest BCUT2D eigenvalue weighted by Gasteiger charge is -2.27. The van der Waals surface area contributed by atoms with E-state index in [9.17, 15) is 9.90 Å². The van der Waals surface area contributed by atoms with Crippen LogP contribution in [0.4, 0.5) is 5.69 Å². The molecule has 2 heterocycles. The summed E-state index contributed by atoms with van der Waals surface area (Å²) in [7, 11) is 1.80. The van der Waals surface area contributed by atoms with Crippen LogP contribution in [0.1, 0.15) is 43.4 Å². The summed E-state index contributed by atoms with van der Waals surface area (Å²) in [6, 6.07) is 5.86. The molecule has 0 spiro atoms. The van der Waals surface area contributed by atoms with E-state index in [4.69, 9.17) is 4.74 Å². The Morgan fingerprint density at radius 2 is 2.15 bits per heavy atom. The molecule has 3 rings (SSSR count). The zero-order valence-electron chi connectivity index (χ0n) is 12.0. The summed E-state index contributed by atoms with van der Waals surface area (Å²) < 4.78 is 5.75. The van der Waals surface area contributed by atoms with Crippen LogP contribution in [0.2, 0.25) is 0 Å². The number of aryl methyl sites for hydroxylation is 1. The van der Waals surface area contributed by atoms with Gasteiger partial charge >= 0.3 is 0 Å². The Hall–Kier alpha value is -1.39. The van der Waals surface area contributed by atoms with Gasteiger partial charge in [-0.25, -0.2) is 0 Å². The molecule has 0 saturated carbocycles. The summed E-state index contributed by atoms with van der Waals surface area (Å²) >= 11 is 0. The fraction of sp³-hybridized carbons (Fsp3) is 0.562. The first-order chi connectivity index (χ1) is 9.56. The molecule has 108 valence electrons. The molecule has 1 saturated heterocycles. The number of hydrogen-bond donors (Lipinski definition) is 1. The van der Waals surface area contributed by atoms with Crippen LogP contribution in [0.3, 0.4) is 0 Å². The maximum atomic E-state index is 11.7. The van der Waals surface area contributed by atoms with Crippen LogP contribution >= 0.6 is 0 Å². The molecule has 4 heteroatoms. The van der Waals surface area contributed by atoms with Gasteiger partial charge in [-0.15, -0.1) is 0 Å². The first-order valence-electron chi connectivity index (χ1n) is 7.29. The summed E-state index contributed by atoms with van der Waals surface area (Å²) in [5.41, 5.74) is 2.98. The van der Waals surface area contributed by atoms with Gasteiger partial charge in [-0.05, 0) is 43.4 Å². The van der Waals surface area contributed by atoms with Crippen LogP contribution in [0.5, 0.6) is 0 Å². The fourth-order valence-corrected chi connectivity index (χ4v) is 3.14. The third-order valence-electron chi connectivity index (χ3n) is 4.41. The number of nitrogens with zero attached hydrogens (tertiary/aromatic N) is 1. The number of carbonyl (C=O) groups is 1. The average molecular weight is 275 g/mol. The van der Waals surface area contributed by atoms with Crippen molar-refractivity contribution >= 4 is 11.6 Å². The average Bonchev–Trinajstić information content (AvgIpc) is 2.88. The molecule has 0 aromatic heterocycles. The van der Waals surface area contributed by atoms with E-state index in [2.05, 4.69) is 0 Å². The van der Waals surface area contributed by atoms with E-state index in [1.807, 2.05) is 25.1 Å². The highest BCUT2D eigenvalue weighted by atomic mass is 16.5. The Kier molecular flexibility index (Phi) is 3.52. The van der Waals surface area contributed by atoms with Crippen molar-refractivity contribution in [2.24, 2.45) is 0 Å². The number of ether oxygens (including phenoxy) is 1. The van der Waals surface area contributed by atoms with Gasteiger partial charge in [0, 0.05) is 19.2 Å². The largest absolute Gasteiger partial charge is 0.386 e. The molecule has 1 fully saturated rings. The van der Waals surface area contributed by atoms with E-state index in [1.54, 1.807) is 11.9 Å². The molecule has 1 N–H and O–H groups in total. The minimum Gasteiger partial charge on any atom is -0.386 e. The highest BCUT2D eigenvalue weighted by Gasteiger charge is 2.30. The Morgan fingerprint density at radius 1 is 1.35 bits per heavy atom. The van der Waals surface area contributed by atoms with Gasteiger partial charge in [-0.1, -0.05) is 12.1 Å². The first-order valence-corrected chi connectivity index (χ1v) is 7.29. The van der Waals surface area contributed by atoms with Crippen LogP contribution in [0.25, 0.3) is 0 Å². The number of amides is 1. The van der Waals surface area contributed by atoms with Gasteiger partial charge in [0.15, 0.2) is 0 Å². The predicted octanol–water partition coefficient (Wildman–Crippen LogP) is 2.20. The number of fused-ring (bicyclic) bond motifs is 1. The monoisotopic (exact) mass is 275 g/mol. The number of aliphatic hydroxyl groups is 1. The second kappa shape index (κ2) is 5.19. The minimum absolute atomic E-state index is 0.106. The van der Waals surface area contributed by atoms with E-state index in [0.717, 1.165) is 36.1 Å². The van der Waals surface area contributed by atoms with Crippen molar-refractivity contribution in [3.63, 3.8) is 0 Å². The highest BCUT2D eigenvalue weighted by Crippen LogP contribution is 2.34. The van der Waals surface area contributed by atoms with Crippen molar-refractivity contribution in [1.29, 1.82) is 0 Å². The van der Waals surface area contributed by atoms with E-state index in [1.165, 1.54) is 0 Å². The molecule has 20 heavy (non-hydrogen) atoms. The van der Waals surface area contributed by atoms with Crippen molar-refractivity contribution < 1.29 is 14.6 Å². The summed E-state index contributed by atoms with van der Waals surface area (Å²) in [5, 5.41) is 10.5. The molecule has 0 radical (unpaired) electrons. The summed E-state index contributed by atoms with van der Waals surface area (Å²) in [4.78, 5) is 13.4. The SMILES string of the molecule is CC1CCC(C(O)c2ccc3c(c2)CCC(=O)N3C)O1. The van der Waals surface area contributed by atoms with E-state index < -0.39 is 6.10 Å². The maximum Gasteiger partial charge on any atom is 0.227 e. The molecule has 0 aliphatic carbocycles. The third kappa shape index (κ3) is 2.34. The fourth-order valence-electron chi connectivity index (χ4n) is 3.14. The van der Waals surface area contributed by atoms with Gasteiger partial charge in [0.25, 0.3) is 0 Å². The zero-order valence-corrected chi connectivity index (χ0v) is 12.0. The molecule has 1 aromatic carbocycles. The van der Waals surface area contributed by atoms with Gasteiger partial charge in [0.05, 0.1) is 12.2 Å². The number of anilines is 1. The van der Waals surface area contributed by atoms with E-state index in [0.29, 0.717) is 6.42 Å². The molecular formula is C16H21NO3. The molecule has 0 bridgehead atoms. The van der Waals surface area contributed by atoms with Crippen molar-refractivity contribution in [2.75, 3.05) is 11.9 Å². The lowest BCUT2D eigenvalue weighted by molar-refractivity contribution is -0.118. The van der Waals surface area contributed by atoms with E-state index in [-0.39, 0.29) is 18.1 Å². The van der Waals surface area contributed by atoms with Crippen molar-refractivity contribution in [2.45, 2.75) is 50.9 Å². The van der Waals surface area contributed by atoms with Crippen LogP contribution in [0.15, 0.2) is 18.2 Å². The van der Waals surface area contributed by atoms with Crippen molar-refractivity contribution in [1.82, 2.24) is 0 Å². The summed E-state index contributed by atoms with van der Waals surface area (Å²) in [6.07, 6.45) is 2.75. The summed E-state index contributed by atoms with van der Waals surface area (Å²) in [6.45, 7) is 2.04. The second-order valence-corrected chi connectivity index (χ2v) is 5.85. The molecule has 3 atom stereocenters. The minimum atomic E-state index is -0.576. The third-order valence-corrected chi connectivity index (χ3v) is 4.41.